The van der Waals surface area contributed by atoms with Gasteiger partial charge in [0.15, 0.2) is 0 Å². The molecule has 1 unspecified atom stereocenters. The Morgan fingerprint density at radius 2 is 2.25 bits per heavy atom. The van der Waals surface area contributed by atoms with E-state index in [-0.39, 0.29) is 0 Å². The summed E-state index contributed by atoms with van der Waals surface area (Å²) >= 11 is 0. The highest BCUT2D eigenvalue weighted by Crippen LogP contribution is 2.30. The van der Waals surface area contributed by atoms with Crippen molar-refractivity contribution >= 4 is 0 Å². The van der Waals surface area contributed by atoms with Crippen LogP contribution in [0, 0.1) is 6.92 Å². The summed E-state index contributed by atoms with van der Waals surface area (Å²) < 4.78 is 5.26. The summed E-state index contributed by atoms with van der Waals surface area (Å²) in [5.41, 5.74) is 2.58. The van der Waals surface area contributed by atoms with Crippen molar-refractivity contribution < 1.29 is 4.74 Å². The molecule has 1 fully saturated rings. The third-order valence-corrected chi connectivity index (χ3v) is 2.17. The monoisotopic (exact) mass is 163 g/mol. The van der Waals surface area contributed by atoms with E-state index in [9.17, 15) is 0 Å². The molecule has 1 aromatic rings. The highest BCUT2D eigenvalue weighted by atomic mass is 16.5. The second kappa shape index (κ2) is 2.79. The number of aryl methyl sites for hydroxylation is 1. The van der Waals surface area contributed by atoms with Crippen LogP contribution in [0.15, 0.2) is 18.2 Å². The van der Waals surface area contributed by atoms with Crippen molar-refractivity contribution in [2.45, 2.75) is 13.0 Å². The van der Waals surface area contributed by atoms with Crippen molar-refractivity contribution in [2.75, 3.05) is 13.7 Å². The van der Waals surface area contributed by atoms with Crippen LogP contribution < -0.4 is 10.1 Å². The van der Waals surface area contributed by atoms with E-state index in [0.717, 1.165) is 12.3 Å². The van der Waals surface area contributed by atoms with E-state index in [1.807, 2.05) is 6.07 Å². The molecule has 1 aromatic carbocycles. The molecule has 12 heavy (non-hydrogen) atoms. The molecule has 0 aliphatic carbocycles. The van der Waals surface area contributed by atoms with Crippen LogP contribution in [-0.4, -0.2) is 13.7 Å². The van der Waals surface area contributed by atoms with Crippen molar-refractivity contribution in [1.82, 2.24) is 5.32 Å². The number of benzene rings is 1. The van der Waals surface area contributed by atoms with Crippen molar-refractivity contribution in [3.8, 4) is 5.75 Å². The molecule has 0 aromatic heterocycles. The normalized spacial score (nSPS) is 20.7. The van der Waals surface area contributed by atoms with Gasteiger partial charge >= 0.3 is 0 Å². The van der Waals surface area contributed by atoms with Gasteiger partial charge in [-0.2, -0.15) is 0 Å². The molecule has 0 radical (unpaired) electrons. The molecule has 1 aliphatic rings. The number of hydrogen-bond donors (Lipinski definition) is 1. The van der Waals surface area contributed by atoms with Crippen molar-refractivity contribution in [3.63, 3.8) is 0 Å². The predicted molar refractivity (Wildman–Crippen MR) is 48.5 cm³/mol. The van der Waals surface area contributed by atoms with Crippen LogP contribution in [0.2, 0.25) is 0 Å². The van der Waals surface area contributed by atoms with Crippen LogP contribution in [0.1, 0.15) is 17.2 Å². The van der Waals surface area contributed by atoms with Crippen molar-refractivity contribution in [3.05, 3.63) is 29.3 Å². The molecule has 2 heteroatoms. The van der Waals surface area contributed by atoms with E-state index in [4.69, 9.17) is 4.74 Å². The van der Waals surface area contributed by atoms with Gasteiger partial charge in [-0.3, -0.25) is 0 Å². The van der Waals surface area contributed by atoms with Gasteiger partial charge in [0.05, 0.1) is 7.11 Å². The molecule has 2 nitrogen and oxygen atoms in total. The van der Waals surface area contributed by atoms with E-state index in [1.54, 1.807) is 7.11 Å². The second-order valence-electron chi connectivity index (χ2n) is 3.21. The standard InChI is InChI=1S/C10H13NO/c1-7-3-4-10(12-2)8(5-7)9-6-11-9/h3-5,9,11H,6H2,1-2H3. The Kier molecular flexibility index (Phi) is 1.77. The first-order valence-electron chi connectivity index (χ1n) is 4.19. The molecule has 1 atom stereocenters. The van der Waals surface area contributed by atoms with Crippen LogP contribution in [0.3, 0.4) is 0 Å². The van der Waals surface area contributed by atoms with E-state index in [0.29, 0.717) is 6.04 Å². The Hall–Kier alpha value is -1.02. The van der Waals surface area contributed by atoms with E-state index in [2.05, 4.69) is 24.4 Å². The van der Waals surface area contributed by atoms with E-state index in [1.165, 1.54) is 11.1 Å². The summed E-state index contributed by atoms with van der Waals surface area (Å²) in [5.74, 6) is 0.996. The minimum absolute atomic E-state index is 0.528. The largest absolute Gasteiger partial charge is 0.496 e. The van der Waals surface area contributed by atoms with Crippen molar-refractivity contribution in [2.24, 2.45) is 0 Å². The topological polar surface area (TPSA) is 31.2 Å². The number of nitrogens with one attached hydrogen (secondary N) is 1. The number of methoxy groups -OCH3 is 1. The van der Waals surface area contributed by atoms with Gasteiger partial charge in [-0.15, -0.1) is 0 Å². The summed E-state index contributed by atoms with van der Waals surface area (Å²) in [7, 11) is 1.72. The molecule has 1 saturated heterocycles. The van der Waals surface area contributed by atoms with Gasteiger partial charge < -0.3 is 10.1 Å². The van der Waals surface area contributed by atoms with Crippen LogP contribution in [0.4, 0.5) is 0 Å². The third kappa shape index (κ3) is 1.30. The first-order valence-corrected chi connectivity index (χ1v) is 4.19. The lowest BCUT2D eigenvalue weighted by Gasteiger charge is -2.06. The fourth-order valence-electron chi connectivity index (χ4n) is 1.40. The minimum Gasteiger partial charge on any atom is -0.496 e. The molecule has 2 rings (SSSR count). The number of rotatable bonds is 2. The Bertz CT molecular complexity index is 292. The Morgan fingerprint density at radius 1 is 1.50 bits per heavy atom. The van der Waals surface area contributed by atoms with Crippen LogP contribution >= 0.6 is 0 Å². The summed E-state index contributed by atoms with van der Waals surface area (Å²) in [6.45, 7) is 3.19. The lowest BCUT2D eigenvalue weighted by Crippen LogP contribution is -1.92. The molecular weight excluding hydrogens is 150 g/mol. The Morgan fingerprint density at radius 3 is 2.83 bits per heavy atom. The van der Waals surface area contributed by atoms with Gasteiger partial charge in [0.2, 0.25) is 0 Å². The van der Waals surface area contributed by atoms with Gasteiger partial charge in [0.1, 0.15) is 5.75 Å². The quantitative estimate of drug-likeness (QED) is 0.672. The van der Waals surface area contributed by atoms with Gasteiger partial charge in [-0.25, -0.2) is 0 Å². The third-order valence-electron chi connectivity index (χ3n) is 2.17. The number of ether oxygens (including phenoxy) is 1. The zero-order valence-corrected chi connectivity index (χ0v) is 7.42. The van der Waals surface area contributed by atoms with Gasteiger partial charge in [0, 0.05) is 18.2 Å². The first-order chi connectivity index (χ1) is 5.81. The highest BCUT2D eigenvalue weighted by Gasteiger charge is 2.25. The van der Waals surface area contributed by atoms with Crippen LogP contribution in [0.25, 0.3) is 0 Å². The summed E-state index contributed by atoms with van der Waals surface area (Å²) in [4.78, 5) is 0. The van der Waals surface area contributed by atoms with Gasteiger partial charge in [-0.1, -0.05) is 17.7 Å². The Labute approximate surface area is 72.5 Å². The maximum absolute atomic E-state index is 5.26. The molecule has 0 saturated carbocycles. The average molecular weight is 163 g/mol. The fraction of sp³-hybridized carbons (Fsp3) is 0.400. The summed E-state index contributed by atoms with van der Waals surface area (Å²) in [6.07, 6.45) is 0. The van der Waals surface area contributed by atoms with E-state index < -0.39 is 0 Å². The lowest BCUT2D eigenvalue weighted by atomic mass is 10.1. The SMILES string of the molecule is COc1ccc(C)cc1C1CN1. The second-order valence-corrected chi connectivity index (χ2v) is 3.21. The molecule has 1 aliphatic heterocycles. The maximum Gasteiger partial charge on any atom is 0.123 e. The predicted octanol–water partition coefficient (Wildman–Crippen LogP) is 1.65. The zero-order chi connectivity index (χ0) is 8.55. The average Bonchev–Trinajstić information content (AvgIpc) is 2.87. The van der Waals surface area contributed by atoms with Crippen LogP contribution in [0.5, 0.6) is 5.75 Å². The molecule has 0 bridgehead atoms. The van der Waals surface area contributed by atoms with Crippen LogP contribution in [-0.2, 0) is 0 Å². The molecule has 0 amide bonds. The summed E-state index contributed by atoms with van der Waals surface area (Å²) in [5, 5.41) is 3.27. The molecule has 64 valence electrons. The minimum atomic E-state index is 0.528. The summed E-state index contributed by atoms with van der Waals surface area (Å²) in [6, 6.07) is 6.82. The first kappa shape index (κ1) is 7.62. The Balaban J connectivity index is 2.39. The smallest absolute Gasteiger partial charge is 0.123 e. The maximum atomic E-state index is 5.26. The molecular formula is C10H13NO. The molecule has 0 spiro atoms. The van der Waals surface area contributed by atoms with Gasteiger partial charge in [0.25, 0.3) is 0 Å². The lowest BCUT2D eigenvalue weighted by molar-refractivity contribution is 0.409. The number of hydrogen-bond acceptors (Lipinski definition) is 2. The highest BCUT2D eigenvalue weighted by molar-refractivity contribution is 5.41. The molecule has 1 N–H and O–H groups in total. The fourth-order valence-corrected chi connectivity index (χ4v) is 1.40. The zero-order valence-electron chi connectivity index (χ0n) is 7.42. The van der Waals surface area contributed by atoms with Crippen molar-refractivity contribution in [1.29, 1.82) is 0 Å². The van der Waals surface area contributed by atoms with Gasteiger partial charge in [-0.05, 0) is 13.0 Å². The van der Waals surface area contributed by atoms with E-state index >= 15 is 0 Å². The molecule has 1 heterocycles.